The van der Waals surface area contributed by atoms with Gasteiger partial charge in [-0.25, -0.2) is 4.98 Å². The van der Waals surface area contributed by atoms with Crippen LogP contribution < -0.4 is 4.74 Å². The highest BCUT2D eigenvalue weighted by Gasteiger charge is 2.24. The van der Waals surface area contributed by atoms with Gasteiger partial charge in [-0.2, -0.15) is 0 Å². The van der Waals surface area contributed by atoms with Crippen LogP contribution in [0.15, 0.2) is 76.4 Å². The van der Waals surface area contributed by atoms with Crippen LogP contribution in [0.4, 0.5) is 0 Å². The first kappa shape index (κ1) is 19.7. The van der Waals surface area contributed by atoms with Gasteiger partial charge in [0.15, 0.2) is 5.58 Å². The monoisotopic (exact) mass is 430 g/mol. The van der Waals surface area contributed by atoms with Crippen molar-refractivity contribution in [2.75, 3.05) is 13.7 Å². The number of hydrogen-bond acceptors (Lipinski definition) is 5. The standard InChI is InChI=1S/C25H22N2O3S/c1-29-20-11-10-17-12-13-27(15-19(17)14-20)24(28)21-7-3-2-6-18(21)16-31-25-26-22-8-4-5-9-23(22)30-25/h2-11,14H,12-13,15-16H2,1H3. The summed E-state index contributed by atoms with van der Waals surface area (Å²) in [7, 11) is 1.66. The van der Waals surface area contributed by atoms with E-state index in [1.807, 2.05) is 65.6 Å². The van der Waals surface area contributed by atoms with Crippen LogP contribution in [0.3, 0.4) is 0 Å². The average molecular weight is 431 g/mol. The first-order chi connectivity index (χ1) is 15.2. The molecule has 4 aromatic rings. The molecule has 0 radical (unpaired) electrons. The quantitative estimate of drug-likeness (QED) is 0.401. The van der Waals surface area contributed by atoms with Crippen LogP contribution in [0.2, 0.25) is 0 Å². The van der Waals surface area contributed by atoms with Crippen LogP contribution in [0.1, 0.15) is 27.0 Å². The topological polar surface area (TPSA) is 55.6 Å². The average Bonchev–Trinajstić information content (AvgIpc) is 3.25. The zero-order valence-electron chi connectivity index (χ0n) is 17.2. The second-order valence-electron chi connectivity index (χ2n) is 7.50. The number of carbonyl (C=O) groups excluding carboxylic acids is 1. The Morgan fingerprint density at radius 3 is 2.81 bits per heavy atom. The number of aromatic nitrogens is 1. The van der Waals surface area contributed by atoms with E-state index in [-0.39, 0.29) is 5.91 Å². The summed E-state index contributed by atoms with van der Waals surface area (Å²) in [6.07, 6.45) is 0.852. The van der Waals surface area contributed by atoms with E-state index >= 15 is 0 Å². The van der Waals surface area contributed by atoms with Crippen molar-refractivity contribution in [1.29, 1.82) is 0 Å². The molecule has 6 heteroatoms. The van der Waals surface area contributed by atoms with Crippen LogP contribution in [0.5, 0.6) is 5.75 Å². The second kappa shape index (κ2) is 8.47. The van der Waals surface area contributed by atoms with Gasteiger partial charge < -0.3 is 14.1 Å². The maximum atomic E-state index is 13.4. The van der Waals surface area contributed by atoms with Crippen molar-refractivity contribution < 1.29 is 13.9 Å². The molecule has 2 heterocycles. The van der Waals surface area contributed by atoms with Crippen LogP contribution >= 0.6 is 11.8 Å². The number of thioether (sulfide) groups is 1. The molecule has 1 amide bonds. The van der Waals surface area contributed by atoms with Gasteiger partial charge in [0.25, 0.3) is 11.1 Å². The Morgan fingerprint density at radius 1 is 1.10 bits per heavy atom. The van der Waals surface area contributed by atoms with Crippen LogP contribution in [0.25, 0.3) is 11.1 Å². The summed E-state index contributed by atoms with van der Waals surface area (Å²) in [5, 5.41) is 0.613. The normalized spacial score (nSPS) is 13.3. The van der Waals surface area contributed by atoms with E-state index in [1.54, 1.807) is 7.11 Å². The lowest BCUT2D eigenvalue weighted by atomic mass is 9.98. The summed E-state index contributed by atoms with van der Waals surface area (Å²) >= 11 is 1.51. The van der Waals surface area contributed by atoms with Crippen molar-refractivity contribution in [1.82, 2.24) is 9.88 Å². The highest BCUT2D eigenvalue weighted by atomic mass is 32.2. The summed E-state index contributed by atoms with van der Waals surface area (Å²) in [6.45, 7) is 1.31. The molecule has 1 aliphatic heterocycles. The molecule has 1 aromatic heterocycles. The molecule has 0 bridgehead atoms. The van der Waals surface area contributed by atoms with Gasteiger partial charge in [0.05, 0.1) is 7.11 Å². The van der Waals surface area contributed by atoms with Gasteiger partial charge in [-0.1, -0.05) is 48.2 Å². The lowest BCUT2D eigenvalue weighted by molar-refractivity contribution is 0.0733. The Hall–Kier alpha value is -3.25. The Bertz CT molecular complexity index is 1220. The Labute approximate surface area is 185 Å². The third kappa shape index (κ3) is 4.03. The fourth-order valence-corrected chi connectivity index (χ4v) is 4.75. The predicted octanol–water partition coefficient (Wildman–Crippen LogP) is 5.33. The zero-order chi connectivity index (χ0) is 21.2. The lowest BCUT2D eigenvalue weighted by Gasteiger charge is -2.29. The van der Waals surface area contributed by atoms with Gasteiger partial charge in [0, 0.05) is 24.4 Å². The molecule has 0 N–H and O–H groups in total. The number of carbonyl (C=O) groups is 1. The molecule has 0 atom stereocenters. The fourth-order valence-electron chi connectivity index (χ4n) is 3.91. The number of nitrogens with zero attached hydrogens (tertiary/aromatic N) is 2. The zero-order valence-corrected chi connectivity index (χ0v) is 18.0. The summed E-state index contributed by atoms with van der Waals surface area (Å²) in [4.78, 5) is 19.8. The van der Waals surface area contributed by atoms with E-state index < -0.39 is 0 Å². The van der Waals surface area contributed by atoms with E-state index in [9.17, 15) is 4.79 Å². The Balaban J connectivity index is 1.34. The van der Waals surface area contributed by atoms with Gasteiger partial charge in [-0.3, -0.25) is 4.79 Å². The summed E-state index contributed by atoms with van der Waals surface area (Å²) < 4.78 is 11.2. The van der Waals surface area contributed by atoms with Crippen molar-refractivity contribution in [3.05, 3.63) is 89.0 Å². The number of methoxy groups -OCH3 is 1. The predicted molar refractivity (Wildman–Crippen MR) is 121 cm³/mol. The number of fused-ring (bicyclic) bond motifs is 2. The maximum absolute atomic E-state index is 13.4. The molecular formula is C25H22N2O3S. The number of benzene rings is 3. The minimum absolute atomic E-state index is 0.0576. The molecule has 156 valence electrons. The SMILES string of the molecule is COc1ccc2c(c1)CN(C(=O)c1ccccc1CSc1nc3ccccc3o1)CC2. The number of oxazole rings is 1. The van der Waals surface area contributed by atoms with Crippen LogP contribution in [0, 0.1) is 0 Å². The third-order valence-corrected chi connectivity index (χ3v) is 6.46. The van der Waals surface area contributed by atoms with Crippen molar-refractivity contribution in [2.24, 2.45) is 0 Å². The summed E-state index contributed by atoms with van der Waals surface area (Å²) in [5.41, 5.74) is 5.77. The third-order valence-electron chi connectivity index (χ3n) is 5.59. The molecule has 0 aliphatic carbocycles. The van der Waals surface area contributed by atoms with Crippen molar-refractivity contribution >= 4 is 28.8 Å². The smallest absolute Gasteiger partial charge is 0.257 e. The Morgan fingerprint density at radius 2 is 1.94 bits per heavy atom. The summed E-state index contributed by atoms with van der Waals surface area (Å²) in [5.74, 6) is 1.50. The molecule has 0 spiro atoms. The number of rotatable bonds is 5. The molecule has 5 nitrogen and oxygen atoms in total. The van der Waals surface area contributed by atoms with Crippen molar-refractivity contribution in [3.8, 4) is 5.75 Å². The molecule has 0 saturated heterocycles. The van der Waals surface area contributed by atoms with E-state index in [1.165, 1.54) is 17.3 Å². The fraction of sp³-hybridized carbons (Fsp3) is 0.200. The number of hydrogen-bond donors (Lipinski definition) is 0. The highest BCUT2D eigenvalue weighted by Crippen LogP contribution is 2.29. The van der Waals surface area contributed by atoms with E-state index in [4.69, 9.17) is 9.15 Å². The van der Waals surface area contributed by atoms with E-state index in [0.29, 0.717) is 24.1 Å². The molecule has 0 fully saturated rings. The molecule has 1 aliphatic rings. The van der Waals surface area contributed by atoms with Gasteiger partial charge >= 0.3 is 0 Å². The molecule has 5 rings (SSSR count). The van der Waals surface area contributed by atoms with E-state index in [2.05, 4.69) is 11.1 Å². The Kier molecular flexibility index (Phi) is 5.38. The van der Waals surface area contributed by atoms with Crippen molar-refractivity contribution in [2.45, 2.75) is 23.9 Å². The maximum Gasteiger partial charge on any atom is 0.257 e. The van der Waals surface area contributed by atoms with Crippen LogP contribution in [-0.4, -0.2) is 29.4 Å². The van der Waals surface area contributed by atoms with Crippen molar-refractivity contribution in [3.63, 3.8) is 0 Å². The highest BCUT2D eigenvalue weighted by molar-refractivity contribution is 7.98. The number of amides is 1. The van der Waals surface area contributed by atoms with Crippen LogP contribution in [-0.2, 0) is 18.7 Å². The molecule has 0 unspecified atom stereocenters. The molecular weight excluding hydrogens is 408 g/mol. The minimum atomic E-state index is 0.0576. The van der Waals surface area contributed by atoms with Gasteiger partial charge in [-0.05, 0) is 53.4 Å². The minimum Gasteiger partial charge on any atom is -0.497 e. The first-order valence-corrected chi connectivity index (χ1v) is 11.2. The molecule has 0 saturated carbocycles. The number of para-hydroxylation sites is 2. The number of ether oxygens (including phenoxy) is 1. The first-order valence-electron chi connectivity index (χ1n) is 10.2. The largest absolute Gasteiger partial charge is 0.497 e. The van der Waals surface area contributed by atoms with Gasteiger partial charge in [0.2, 0.25) is 0 Å². The summed E-state index contributed by atoms with van der Waals surface area (Å²) in [6, 6.07) is 21.6. The molecule has 3 aromatic carbocycles. The lowest BCUT2D eigenvalue weighted by Crippen LogP contribution is -2.36. The second-order valence-corrected chi connectivity index (χ2v) is 8.43. The van der Waals surface area contributed by atoms with Gasteiger partial charge in [0.1, 0.15) is 11.3 Å². The molecule has 31 heavy (non-hydrogen) atoms. The van der Waals surface area contributed by atoms with Gasteiger partial charge in [-0.15, -0.1) is 0 Å². The van der Waals surface area contributed by atoms with E-state index in [0.717, 1.165) is 40.0 Å².